The summed E-state index contributed by atoms with van der Waals surface area (Å²) in [6, 6.07) is -0.516. The van der Waals surface area contributed by atoms with E-state index in [4.69, 9.17) is 9.84 Å². The van der Waals surface area contributed by atoms with E-state index < -0.39 is 30.2 Å². The summed E-state index contributed by atoms with van der Waals surface area (Å²) >= 11 is 0. The third-order valence-electron chi connectivity index (χ3n) is 2.87. The molecule has 1 unspecified atom stereocenters. The van der Waals surface area contributed by atoms with Gasteiger partial charge >= 0.3 is 0 Å². The fourth-order valence-electron chi connectivity index (χ4n) is 1.86. The summed E-state index contributed by atoms with van der Waals surface area (Å²) in [5.74, 6) is -1.15. The van der Waals surface area contributed by atoms with Gasteiger partial charge in [-0.2, -0.15) is 5.01 Å². The Hall–Kier alpha value is -0.280. The van der Waals surface area contributed by atoms with Crippen LogP contribution in [0.15, 0.2) is 0 Å². The Morgan fingerprint density at radius 1 is 1.47 bits per heavy atom. The molecule has 0 aromatic carbocycles. The largest absolute Gasteiger partial charge is 0.394 e. The molecule has 88 valence electrons. The summed E-state index contributed by atoms with van der Waals surface area (Å²) in [7, 11) is 0. The Bertz CT molecular complexity index is 249. The van der Waals surface area contributed by atoms with Gasteiger partial charge in [0.25, 0.3) is 0 Å². The van der Waals surface area contributed by atoms with Gasteiger partial charge in [0.1, 0.15) is 18.3 Å². The van der Waals surface area contributed by atoms with Crippen molar-refractivity contribution < 1.29 is 25.2 Å². The van der Waals surface area contributed by atoms with Crippen LogP contribution < -0.4 is 5.43 Å². The predicted octanol–water partition coefficient (Wildman–Crippen LogP) is -3.05. The van der Waals surface area contributed by atoms with Gasteiger partial charge in [0.05, 0.1) is 19.3 Å². The highest BCUT2D eigenvalue weighted by atomic mass is 16.5. The lowest BCUT2D eigenvalue weighted by atomic mass is 9.98. The van der Waals surface area contributed by atoms with E-state index in [2.05, 4.69) is 5.43 Å². The molecule has 5 N–H and O–H groups in total. The summed E-state index contributed by atoms with van der Waals surface area (Å²) in [6.07, 6.45) is -2.97. The molecule has 2 aliphatic rings. The molecular formula is C8H16N2O5. The zero-order valence-corrected chi connectivity index (χ0v) is 8.37. The lowest BCUT2D eigenvalue weighted by Crippen LogP contribution is -2.57. The van der Waals surface area contributed by atoms with Crippen molar-refractivity contribution in [3.8, 4) is 0 Å². The lowest BCUT2D eigenvalue weighted by molar-refractivity contribution is -0.177. The number of hydrogen-bond acceptors (Lipinski definition) is 7. The van der Waals surface area contributed by atoms with Gasteiger partial charge in [-0.05, 0) is 6.92 Å². The molecule has 6 atom stereocenters. The Kier molecular flexibility index (Phi) is 2.72. The van der Waals surface area contributed by atoms with E-state index in [1.165, 1.54) is 11.9 Å². The second kappa shape index (κ2) is 3.63. The van der Waals surface area contributed by atoms with E-state index in [1.807, 2.05) is 0 Å². The molecule has 0 saturated carbocycles. The Labute approximate surface area is 86.9 Å². The molecule has 0 amide bonds. The van der Waals surface area contributed by atoms with Crippen LogP contribution in [0, 0.1) is 0 Å². The molecule has 2 saturated heterocycles. The minimum Gasteiger partial charge on any atom is -0.394 e. The van der Waals surface area contributed by atoms with Crippen LogP contribution in [0.2, 0.25) is 0 Å². The van der Waals surface area contributed by atoms with Gasteiger partial charge < -0.3 is 25.2 Å². The topological polar surface area (TPSA) is 115 Å². The first-order valence-corrected chi connectivity index (χ1v) is 4.85. The first-order valence-electron chi connectivity index (χ1n) is 4.85. The SMILES string of the molecule is C[C@@]1(O)NN1[C@H]1CO[C@H](CO)[C@@H](O)[C@@H]1O. The van der Waals surface area contributed by atoms with Crippen LogP contribution in [0.5, 0.6) is 0 Å². The smallest absolute Gasteiger partial charge is 0.197 e. The van der Waals surface area contributed by atoms with Gasteiger partial charge in [-0.25, -0.2) is 5.43 Å². The van der Waals surface area contributed by atoms with Crippen molar-refractivity contribution in [2.75, 3.05) is 13.2 Å². The van der Waals surface area contributed by atoms with Crippen molar-refractivity contribution in [2.45, 2.75) is 37.1 Å². The maximum absolute atomic E-state index is 9.75. The van der Waals surface area contributed by atoms with Crippen LogP contribution in [-0.4, -0.2) is 68.9 Å². The normalized spacial score (nSPS) is 55.4. The molecule has 15 heavy (non-hydrogen) atoms. The number of nitrogens with zero attached hydrogens (tertiary/aromatic N) is 1. The van der Waals surface area contributed by atoms with Crippen molar-refractivity contribution in [1.82, 2.24) is 10.4 Å². The molecule has 2 fully saturated rings. The van der Waals surface area contributed by atoms with Crippen LogP contribution in [0.1, 0.15) is 6.92 Å². The molecule has 0 spiro atoms. The van der Waals surface area contributed by atoms with Crippen molar-refractivity contribution >= 4 is 0 Å². The van der Waals surface area contributed by atoms with E-state index in [9.17, 15) is 15.3 Å². The predicted molar refractivity (Wildman–Crippen MR) is 48.2 cm³/mol. The Morgan fingerprint density at radius 2 is 2.07 bits per heavy atom. The van der Waals surface area contributed by atoms with E-state index in [1.54, 1.807) is 0 Å². The summed E-state index contributed by atoms with van der Waals surface area (Å²) in [6.45, 7) is 1.34. The monoisotopic (exact) mass is 220 g/mol. The Balaban J connectivity index is 1.99. The maximum atomic E-state index is 9.75. The summed E-state index contributed by atoms with van der Waals surface area (Å²) < 4.78 is 5.16. The molecule has 7 nitrogen and oxygen atoms in total. The number of aliphatic hydroxyl groups excluding tert-OH is 3. The van der Waals surface area contributed by atoms with Gasteiger partial charge in [-0.3, -0.25) is 0 Å². The Morgan fingerprint density at radius 3 is 2.53 bits per heavy atom. The first-order chi connectivity index (χ1) is 6.97. The molecule has 0 radical (unpaired) electrons. The van der Waals surface area contributed by atoms with Crippen LogP contribution >= 0.6 is 0 Å². The highest BCUT2D eigenvalue weighted by molar-refractivity contribution is 4.98. The minimum absolute atomic E-state index is 0.145. The zero-order chi connectivity index (χ0) is 11.2. The van der Waals surface area contributed by atoms with Crippen molar-refractivity contribution in [3.63, 3.8) is 0 Å². The molecule has 0 aliphatic carbocycles. The number of nitrogens with one attached hydrogen (secondary N) is 1. The summed E-state index contributed by atoms with van der Waals surface area (Å²) in [4.78, 5) is 0. The molecule has 0 aromatic heterocycles. The molecule has 2 heterocycles. The minimum atomic E-state index is -1.15. The van der Waals surface area contributed by atoms with E-state index >= 15 is 0 Å². The number of aliphatic hydroxyl groups is 4. The van der Waals surface area contributed by atoms with E-state index in [-0.39, 0.29) is 13.2 Å². The van der Waals surface area contributed by atoms with Gasteiger partial charge in [-0.15, -0.1) is 0 Å². The average molecular weight is 220 g/mol. The number of ether oxygens (including phenoxy) is 1. The standard InChI is InChI=1S/C8H16N2O5/c1-8(14)9-10(8)4-3-15-5(2-11)7(13)6(4)12/h4-7,9,11-14H,2-3H2,1H3/t4-,5+,6+,7+,8+,10?/m0/s1. The molecular weight excluding hydrogens is 204 g/mol. The van der Waals surface area contributed by atoms with Gasteiger partial charge in [0.2, 0.25) is 0 Å². The zero-order valence-electron chi connectivity index (χ0n) is 8.37. The molecule has 7 heteroatoms. The second-order valence-electron chi connectivity index (χ2n) is 4.11. The van der Waals surface area contributed by atoms with Gasteiger partial charge in [0, 0.05) is 0 Å². The van der Waals surface area contributed by atoms with E-state index in [0.717, 1.165) is 0 Å². The first kappa shape index (κ1) is 11.2. The van der Waals surface area contributed by atoms with Gasteiger partial charge in [-0.1, -0.05) is 0 Å². The lowest BCUT2D eigenvalue weighted by Gasteiger charge is -2.37. The fraction of sp³-hybridized carbons (Fsp3) is 1.00. The van der Waals surface area contributed by atoms with Crippen molar-refractivity contribution in [1.29, 1.82) is 0 Å². The molecule has 0 bridgehead atoms. The van der Waals surface area contributed by atoms with Crippen LogP contribution in [0.3, 0.4) is 0 Å². The van der Waals surface area contributed by atoms with Crippen LogP contribution in [0.4, 0.5) is 0 Å². The number of rotatable bonds is 2. The second-order valence-corrected chi connectivity index (χ2v) is 4.11. The highest BCUT2D eigenvalue weighted by Crippen LogP contribution is 2.29. The molecule has 0 aromatic rings. The van der Waals surface area contributed by atoms with Gasteiger partial charge in [0.15, 0.2) is 5.85 Å². The quantitative estimate of drug-likeness (QED) is 0.314. The third-order valence-corrected chi connectivity index (χ3v) is 2.87. The van der Waals surface area contributed by atoms with Crippen LogP contribution in [-0.2, 0) is 4.74 Å². The highest BCUT2D eigenvalue weighted by Gasteiger charge is 2.55. The number of hydrazine groups is 1. The van der Waals surface area contributed by atoms with Crippen LogP contribution in [0.25, 0.3) is 0 Å². The molecule has 2 aliphatic heterocycles. The fourth-order valence-corrected chi connectivity index (χ4v) is 1.86. The van der Waals surface area contributed by atoms with E-state index in [0.29, 0.717) is 0 Å². The molecule has 2 rings (SSSR count). The van der Waals surface area contributed by atoms with Crippen molar-refractivity contribution in [3.05, 3.63) is 0 Å². The average Bonchev–Trinajstić information content (AvgIpc) is 2.80. The summed E-state index contributed by atoms with van der Waals surface area (Å²) in [5.41, 5.74) is 2.64. The van der Waals surface area contributed by atoms with Crippen molar-refractivity contribution in [2.24, 2.45) is 0 Å². The summed E-state index contributed by atoms with van der Waals surface area (Å²) in [5, 5.41) is 39.1. The maximum Gasteiger partial charge on any atom is 0.197 e. The number of hydrogen-bond donors (Lipinski definition) is 5. The third kappa shape index (κ3) is 1.87.